The molecular weight excluding hydrogens is 241 g/mol. The van der Waals surface area contributed by atoms with Crippen LogP contribution in [0.4, 0.5) is 10.1 Å². The maximum atomic E-state index is 13.0. The van der Waals surface area contributed by atoms with Crippen LogP contribution in [0.15, 0.2) is 29.9 Å². The molecule has 1 amide bonds. The second-order valence-corrected chi connectivity index (χ2v) is 4.01. The molecule has 0 saturated heterocycles. The van der Waals surface area contributed by atoms with E-state index < -0.39 is 5.82 Å². The van der Waals surface area contributed by atoms with E-state index in [4.69, 9.17) is 5.26 Å². The lowest BCUT2D eigenvalue weighted by atomic mass is 10.2. The van der Waals surface area contributed by atoms with Crippen LogP contribution in [0.2, 0.25) is 0 Å². The standard InChI is InChI=1S/C11H6FN3OS/c12-9-2-1-8(3-7(9)4-13)15-11(16)10-5-14-6-17-10/h1-3,5-6H,(H,15,16). The lowest BCUT2D eigenvalue weighted by Crippen LogP contribution is -2.10. The van der Waals surface area contributed by atoms with E-state index in [0.29, 0.717) is 10.6 Å². The number of hydrogen-bond donors (Lipinski definition) is 1. The Morgan fingerprint density at radius 2 is 2.35 bits per heavy atom. The summed E-state index contributed by atoms with van der Waals surface area (Å²) < 4.78 is 13.0. The molecule has 4 nitrogen and oxygen atoms in total. The molecule has 0 bridgehead atoms. The van der Waals surface area contributed by atoms with E-state index in [1.807, 2.05) is 0 Å². The zero-order chi connectivity index (χ0) is 12.3. The van der Waals surface area contributed by atoms with Crippen molar-refractivity contribution in [2.24, 2.45) is 0 Å². The fourth-order valence-electron chi connectivity index (χ4n) is 1.21. The number of nitrogens with one attached hydrogen (secondary N) is 1. The number of nitriles is 1. The molecule has 1 aromatic carbocycles. The van der Waals surface area contributed by atoms with Crippen LogP contribution < -0.4 is 5.32 Å². The summed E-state index contributed by atoms with van der Waals surface area (Å²) in [7, 11) is 0. The third-order valence-electron chi connectivity index (χ3n) is 2.00. The van der Waals surface area contributed by atoms with Gasteiger partial charge in [-0.05, 0) is 18.2 Å². The van der Waals surface area contributed by atoms with Gasteiger partial charge in [0.2, 0.25) is 0 Å². The molecule has 17 heavy (non-hydrogen) atoms. The highest BCUT2D eigenvalue weighted by atomic mass is 32.1. The first kappa shape index (κ1) is 11.2. The first-order valence-electron chi connectivity index (χ1n) is 4.60. The number of thiazole rings is 1. The minimum Gasteiger partial charge on any atom is -0.321 e. The molecule has 0 atom stereocenters. The van der Waals surface area contributed by atoms with Gasteiger partial charge in [-0.1, -0.05) is 0 Å². The van der Waals surface area contributed by atoms with Crippen molar-refractivity contribution in [3.05, 3.63) is 46.2 Å². The summed E-state index contributed by atoms with van der Waals surface area (Å²) in [4.78, 5) is 15.9. The molecule has 2 rings (SSSR count). The predicted molar refractivity (Wildman–Crippen MR) is 61.2 cm³/mol. The summed E-state index contributed by atoms with van der Waals surface area (Å²) in [6.45, 7) is 0. The van der Waals surface area contributed by atoms with Crippen molar-refractivity contribution < 1.29 is 9.18 Å². The van der Waals surface area contributed by atoms with Crippen molar-refractivity contribution in [2.75, 3.05) is 5.32 Å². The van der Waals surface area contributed by atoms with Crippen molar-refractivity contribution >= 4 is 22.9 Å². The van der Waals surface area contributed by atoms with Gasteiger partial charge in [-0.3, -0.25) is 9.78 Å². The molecule has 0 aliphatic rings. The number of rotatable bonds is 2. The zero-order valence-electron chi connectivity index (χ0n) is 8.48. The number of anilines is 1. The fraction of sp³-hybridized carbons (Fsp3) is 0. The van der Waals surface area contributed by atoms with Crippen molar-refractivity contribution in [1.29, 1.82) is 5.26 Å². The molecule has 2 aromatic rings. The second kappa shape index (κ2) is 4.72. The van der Waals surface area contributed by atoms with Gasteiger partial charge >= 0.3 is 0 Å². The Hall–Kier alpha value is -2.26. The summed E-state index contributed by atoms with van der Waals surface area (Å²) in [6, 6.07) is 5.53. The smallest absolute Gasteiger partial charge is 0.267 e. The Morgan fingerprint density at radius 3 is 3.00 bits per heavy atom. The van der Waals surface area contributed by atoms with Crippen molar-refractivity contribution in [3.8, 4) is 6.07 Å². The molecule has 0 saturated carbocycles. The summed E-state index contributed by atoms with van der Waals surface area (Å²) >= 11 is 1.20. The number of carbonyl (C=O) groups is 1. The Bertz CT molecular complexity index is 589. The maximum Gasteiger partial charge on any atom is 0.267 e. The molecule has 0 fully saturated rings. The lowest BCUT2D eigenvalue weighted by Gasteiger charge is -2.03. The maximum absolute atomic E-state index is 13.0. The average molecular weight is 247 g/mol. The van der Waals surface area contributed by atoms with E-state index in [-0.39, 0.29) is 11.5 Å². The fourth-order valence-corrected chi connectivity index (χ4v) is 1.72. The van der Waals surface area contributed by atoms with Gasteiger partial charge in [-0.2, -0.15) is 5.26 Å². The molecule has 0 unspecified atom stereocenters. The summed E-state index contributed by atoms with van der Waals surface area (Å²) in [5.41, 5.74) is 1.81. The number of nitrogens with zero attached hydrogens (tertiary/aromatic N) is 2. The van der Waals surface area contributed by atoms with Crippen LogP contribution in [-0.2, 0) is 0 Å². The second-order valence-electron chi connectivity index (χ2n) is 3.13. The van der Waals surface area contributed by atoms with Crippen LogP contribution in [-0.4, -0.2) is 10.9 Å². The monoisotopic (exact) mass is 247 g/mol. The lowest BCUT2D eigenvalue weighted by molar-refractivity contribution is 0.103. The van der Waals surface area contributed by atoms with Gasteiger partial charge in [0.05, 0.1) is 17.3 Å². The molecule has 1 aromatic heterocycles. The number of amides is 1. The summed E-state index contributed by atoms with van der Waals surface area (Å²) in [5.74, 6) is -0.939. The highest BCUT2D eigenvalue weighted by molar-refractivity contribution is 7.11. The molecule has 0 radical (unpaired) electrons. The normalized spacial score (nSPS) is 9.65. The molecular formula is C11H6FN3OS. The topological polar surface area (TPSA) is 65.8 Å². The highest BCUT2D eigenvalue weighted by Crippen LogP contribution is 2.15. The number of aromatic nitrogens is 1. The number of benzene rings is 1. The third kappa shape index (κ3) is 2.46. The molecule has 1 N–H and O–H groups in total. The Balaban J connectivity index is 2.20. The van der Waals surface area contributed by atoms with Gasteiger partial charge in [0, 0.05) is 5.69 Å². The van der Waals surface area contributed by atoms with Crippen LogP contribution in [0.1, 0.15) is 15.2 Å². The first-order valence-corrected chi connectivity index (χ1v) is 5.48. The zero-order valence-corrected chi connectivity index (χ0v) is 9.29. The summed E-state index contributed by atoms with van der Waals surface area (Å²) in [5, 5.41) is 11.2. The third-order valence-corrected chi connectivity index (χ3v) is 2.77. The van der Waals surface area contributed by atoms with Crippen LogP contribution in [0.5, 0.6) is 0 Å². The van der Waals surface area contributed by atoms with Crippen molar-refractivity contribution in [2.45, 2.75) is 0 Å². The summed E-state index contributed by atoms with van der Waals surface area (Å²) in [6.07, 6.45) is 1.44. The molecule has 6 heteroatoms. The van der Waals surface area contributed by atoms with E-state index >= 15 is 0 Å². The predicted octanol–water partition coefficient (Wildman–Crippen LogP) is 2.41. The van der Waals surface area contributed by atoms with Crippen LogP contribution in [0, 0.1) is 17.1 Å². The molecule has 0 spiro atoms. The quantitative estimate of drug-likeness (QED) is 0.886. The largest absolute Gasteiger partial charge is 0.321 e. The van der Waals surface area contributed by atoms with E-state index in [1.165, 1.54) is 29.7 Å². The van der Waals surface area contributed by atoms with Gasteiger partial charge < -0.3 is 5.32 Å². The number of hydrogen-bond acceptors (Lipinski definition) is 4. The van der Waals surface area contributed by atoms with Gasteiger partial charge in [0.15, 0.2) is 0 Å². The molecule has 0 aliphatic heterocycles. The Labute approximate surface area is 100 Å². The van der Waals surface area contributed by atoms with Gasteiger partial charge in [0.25, 0.3) is 5.91 Å². The molecule has 1 heterocycles. The minimum absolute atomic E-state index is 0.105. The highest BCUT2D eigenvalue weighted by Gasteiger charge is 2.09. The number of carbonyl (C=O) groups excluding carboxylic acids is 1. The van der Waals surface area contributed by atoms with E-state index in [1.54, 1.807) is 11.6 Å². The minimum atomic E-state index is -0.608. The van der Waals surface area contributed by atoms with E-state index in [2.05, 4.69) is 10.3 Å². The van der Waals surface area contributed by atoms with Crippen LogP contribution >= 0.6 is 11.3 Å². The van der Waals surface area contributed by atoms with E-state index in [9.17, 15) is 9.18 Å². The van der Waals surface area contributed by atoms with Gasteiger partial charge in [-0.25, -0.2) is 4.39 Å². The molecule has 0 aliphatic carbocycles. The van der Waals surface area contributed by atoms with Crippen molar-refractivity contribution in [1.82, 2.24) is 4.98 Å². The Kier molecular flexibility index (Phi) is 3.12. The molecule has 84 valence electrons. The van der Waals surface area contributed by atoms with Crippen LogP contribution in [0.25, 0.3) is 0 Å². The number of halogens is 1. The van der Waals surface area contributed by atoms with Crippen LogP contribution in [0.3, 0.4) is 0 Å². The Morgan fingerprint density at radius 1 is 1.53 bits per heavy atom. The van der Waals surface area contributed by atoms with E-state index in [0.717, 1.165) is 6.07 Å². The first-order chi connectivity index (χ1) is 8.20. The van der Waals surface area contributed by atoms with Gasteiger partial charge in [0.1, 0.15) is 16.8 Å². The SMILES string of the molecule is N#Cc1cc(NC(=O)c2cncs2)ccc1F. The van der Waals surface area contributed by atoms with Gasteiger partial charge in [-0.15, -0.1) is 11.3 Å². The average Bonchev–Trinajstić information content (AvgIpc) is 2.85. The van der Waals surface area contributed by atoms with Crippen molar-refractivity contribution in [3.63, 3.8) is 0 Å².